The Morgan fingerprint density at radius 1 is 1.16 bits per heavy atom. The second kappa shape index (κ2) is 6.44. The number of nitrogens with zero attached hydrogens (tertiary/aromatic N) is 2. The smallest absolute Gasteiger partial charge is 0.281 e. The zero-order valence-corrected chi connectivity index (χ0v) is 15.6. The van der Waals surface area contributed by atoms with Crippen molar-refractivity contribution in [2.45, 2.75) is 5.72 Å². The number of hydrogen-bond donors (Lipinski definition) is 1. The van der Waals surface area contributed by atoms with Gasteiger partial charge in [0.15, 0.2) is 6.54 Å². The predicted octanol–water partition coefficient (Wildman–Crippen LogP) is 2.56. The van der Waals surface area contributed by atoms with Crippen molar-refractivity contribution in [3.05, 3.63) is 58.6 Å². The molecule has 25 heavy (non-hydrogen) atoms. The van der Waals surface area contributed by atoms with Gasteiger partial charge in [0.05, 0.1) is 13.7 Å². The van der Waals surface area contributed by atoms with E-state index in [0.29, 0.717) is 19.8 Å². The molecule has 2 aliphatic rings. The van der Waals surface area contributed by atoms with Gasteiger partial charge >= 0.3 is 0 Å². The first-order valence-electron chi connectivity index (χ1n) is 8.23. The summed E-state index contributed by atoms with van der Waals surface area (Å²) in [7, 11) is 1.64. The number of halogens is 1. The van der Waals surface area contributed by atoms with Crippen molar-refractivity contribution >= 4 is 27.5 Å². The van der Waals surface area contributed by atoms with Crippen molar-refractivity contribution in [1.82, 2.24) is 0 Å². The van der Waals surface area contributed by atoms with Crippen LogP contribution in [0.5, 0.6) is 5.75 Å². The van der Waals surface area contributed by atoms with E-state index in [1.54, 1.807) is 7.11 Å². The number of benzene rings is 2. The molecule has 1 N–H and O–H groups in total. The monoisotopic (exact) mass is 403 g/mol. The van der Waals surface area contributed by atoms with E-state index in [-0.39, 0.29) is 0 Å². The molecule has 0 aliphatic carbocycles. The summed E-state index contributed by atoms with van der Waals surface area (Å²) in [5, 5.41) is 11.7. The number of aliphatic hydroxyl groups is 1. The van der Waals surface area contributed by atoms with Gasteiger partial charge in [-0.3, -0.25) is 4.58 Å². The van der Waals surface area contributed by atoms with Crippen LogP contribution in [0, 0.1) is 0 Å². The maximum absolute atomic E-state index is 11.7. The van der Waals surface area contributed by atoms with Gasteiger partial charge < -0.3 is 14.6 Å². The highest BCUT2D eigenvalue weighted by Crippen LogP contribution is 2.37. The molecule has 4 rings (SSSR count). The molecule has 0 saturated heterocycles. The van der Waals surface area contributed by atoms with Crippen LogP contribution in [0.1, 0.15) is 5.56 Å². The maximum Gasteiger partial charge on any atom is 0.281 e. The topological polar surface area (TPSA) is 44.9 Å². The quantitative estimate of drug-likeness (QED) is 0.799. The number of methoxy groups -OCH3 is 1. The standard InChI is InChI=1S/C19H20BrN2O3/c1-24-17-8-2-14(3-9-17)19(23)13-21-10-11-25-12-18(21)22(19)16-6-4-15(20)5-7-16/h2-9,23H,10-13H2,1H3/q+1. The number of ether oxygens (including phenoxy) is 2. The number of anilines is 1. The minimum atomic E-state index is -1.15. The fourth-order valence-electron chi connectivity index (χ4n) is 3.52. The van der Waals surface area contributed by atoms with Gasteiger partial charge in [0.25, 0.3) is 11.6 Å². The van der Waals surface area contributed by atoms with Crippen LogP contribution in [-0.2, 0) is 10.5 Å². The van der Waals surface area contributed by atoms with E-state index in [1.165, 1.54) is 0 Å². The lowest BCUT2D eigenvalue weighted by Crippen LogP contribution is -2.48. The maximum atomic E-state index is 11.7. The van der Waals surface area contributed by atoms with Crippen molar-refractivity contribution in [3.8, 4) is 5.75 Å². The summed E-state index contributed by atoms with van der Waals surface area (Å²) in [5.74, 6) is 1.76. The highest BCUT2D eigenvalue weighted by molar-refractivity contribution is 9.10. The molecule has 2 aliphatic heterocycles. The van der Waals surface area contributed by atoms with Gasteiger partial charge in [-0.25, -0.2) is 0 Å². The van der Waals surface area contributed by atoms with E-state index in [2.05, 4.69) is 20.5 Å². The molecule has 0 saturated carbocycles. The van der Waals surface area contributed by atoms with Gasteiger partial charge in [-0.1, -0.05) is 15.9 Å². The highest BCUT2D eigenvalue weighted by atomic mass is 79.9. The van der Waals surface area contributed by atoms with E-state index < -0.39 is 5.72 Å². The van der Waals surface area contributed by atoms with Crippen LogP contribution in [0.15, 0.2) is 53.0 Å². The summed E-state index contributed by atoms with van der Waals surface area (Å²) in [4.78, 5) is 1.99. The molecule has 2 aromatic carbocycles. The first-order chi connectivity index (χ1) is 12.1. The second-order valence-electron chi connectivity index (χ2n) is 6.25. The van der Waals surface area contributed by atoms with E-state index >= 15 is 0 Å². The van der Waals surface area contributed by atoms with E-state index in [4.69, 9.17) is 9.47 Å². The number of rotatable bonds is 3. The average Bonchev–Trinajstić information content (AvgIpc) is 2.96. The van der Waals surface area contributed by atoms with Crippen molar-refractivity contribution in [2.24, 2.45) is 0 Å². The lowest BCUT2D eigenvalue weighted by Gasteiger charge is -2.28. The number of hydrogen-bond acceptors (Lipinski definition) is 4. The van der Waals surface area contributed by atoms with Crippen LogP contribution in [0.25, 0.3) is 0 Å². The first-order valence-corrected chi connectivity index (χ1v) is 9.02. The van der Waals surface area contributed by atoms with Gasteiger partial charge in [-0.15, -0.1) is 0 Å². The molecule has 2 aromatic rings. The fourth-order valence-corrected chi connectivity index (χ4v) is 3.78. The molecule has 1 atom stereocenters. The van der Waals surface area contributed by atoms with Gasteiger partial charge in [-0.2, -0.15) is 4.90 Å². The summed E-state index contributed by atoms with van der Waals surface area (Å²) in [6, 6.07) is 15.6. The molecule has 0 spiro atoms. The fraction of sp³-hybridized carbons (Fsp3) is 0.316. The molecule has 0 radical (unpaired) electrons. The molecule has 2 heterocycles. The molecule has 1 unspecified atom stereocenters. The normalized spacial score (nSPS) is 22.9. The van der Waals surface area contributed by atoms with Gasteiger partial charge in [0.2, 0.25) is 0 Å². The van der Waals surface area contributed by atoms with Crippen LogP contribution in [0.4, 0.5) is 5.69 Å². The molecule has 0 fully saturated rings. The molecular weight excluding hydrogens is 384 g/mol. The highest BCUT2D eigenvalue weighted by Gasteiger charge is 2.54. The Kier molecular flexibility index (Phi) is 4.27. The summed E-state index contributed by atoms with van der Waals surface area (Å²) in [5.41, 5.74) is 0.617. The predicted molar refractivity (Wildman–Crippen MR) is 99.3 cm³/mol. The van der Waals surface area contributed by atoms with Crippen molar-refractivity contribution in [1.29, 1.82) is 0 Å². The lowest BCUT2D eigenvalue weighted by atomic mass is 10.0. The third kappa shape index (κ3) is 2.84. The van der Waals surface area contributed by atoms with Crippen LogP contribution in [0.2, 0.25) is 0 Å². The second-order valence-corrected chi connectivity index (χ2v) is 7.16. The van der Waals surface area contributed by atoms with E-state index in [1.807, 2.05) is 53.4 Å². The van der Waals surface area contributed by atoms with E-state index in [0.717, 1.165) is 33.9 Å². The molecule has 5 nitrogen and oxygen atoms in total. The zero-order chi connectivity index (χ0) is 17.4. The SMILES string of the molecule is COc1ccc(C2(O)C[N+]3=C(COCC3)N2c2ccc(Br)cc2)cc1. The van der Waals surface area contributed by atoms with Crippen LogP contribution in [-0.4, -0.2) is 48.9 Å². The molecule has 6 heteroatoms. The van der Waals surface area contributed by atoms with Gasteiger partial charge in [0, 0.05) is 10.0 Å². The minimum Gasteiger partial charge on any atom is -0.497 e. The van der Waals surface area contributed by atoms with Crippen molar-refractivity contribution < 1.29 is 19.2 Å². The first kappa shape index (κ1) is 16.6. The van der Waals surface area contributed by atoms with Crippen molar-refractivity contribution in [2.75, 3.05) is 38.3 Å². The Labute approximate surface area is 155 Å². The lowest BCUT2D eigenvalue weighted by molar-refractivity contribution is -0.543. The van der Waals surface area contributed by atoms with Crippen LogP contribution >= 0.6 is 15.9 Å². The average molecular weight is 404 g/mol. The Morgan fingerprint density at radius 3 is 2.56 bits per heavy atom. The largest absolute Gasteiger partial charge is 0.497 e. The molecular formula is C19H20BrN2O3+. The Balaban J connectivity index is 1.80. The van der Waals surface area contributed by atoms with Crippen LogP contribution in [0.3, 0.4) is 0 Å². The number of amidine groups is 1. The summed E-state index contributed by atoms with van der Waals surface area (Å²) in [6.45, 7) is 2.46. The van der Waals surface area contributed by atoms with Gasteiger partial charge in [-0.05, 0) is 48.5 Å². The molecule has 0 bridgehead atoms. The molecule has 0 amide bonds. The third-order valence-electron chi connectivity index (χ3n) is 4.78. The van der Waals surface area contributed by atoms with Crippen LogP contribution < -0.4 is 9.64 Å². The Morgan fingerprint density at radius 2 is 1.88 bits per heavy atom. The molecule has 0 aromatic heterocycles. The Hall–Kier alpha value is -1.89. The summed E-state index contributed by atoms with van der Waals surface area (Å²) in [6.07, 6.45) is 0. The van der Waals surface area contributed by atoms with Crippen molar-refractivity contribution in [3.63, 3.8) is 0 Å². The van der Waals surface area contributed by atoms with E-state index in [9.17, 15) is 5.11 Å². The molecule has 130 valence electrons. The minimum absolute atomic E-state index is 0.495. The third-order valence-corrected chi connectivity index (χ3v) is 5.31. The zero-order valence-electron chi connectivity index (χ0n) is 14.0. The summed E-state index contributed by atoms with van der Waals surface area (Å²) < 4.78 is 14.1. The van der Waals surface area contributed by atoms with Gasteiger partial charge in [0.1, 0.15) is 24.6 Å². The Bertz CT molecular complexity index is 804. The summed E-state index contributed by atoms with van der Waals surface area (Å²) >= 11 is 3.48.